The molecule has 4 aliphatic carbocycles. The van der Waals surface area contributed by atoms with E-state index in [1.165, 1.54) is 44.9 Å². The number of carbonyl (C=O) groups excluding carboxylic acids is 1. The SMILES string of the molecule is CC12CC=CCC1CCC1C2CCC2(C)C(OC(=O)CCl)CCC12. The number of halogens is 1. The minimum Gasteiger partial charge on any atom is -0.461 e. The lowest BCUT2D eigenvalue weighted by Crippen LogP contribution is -2.53. The Morgan fingerprint density at radius 3 is 2.67 bits per heavy atom. The van der Waals surface area contributed by atoms with Gasteiger partial charge in [-0.1, -0.05) is 26.0 Å². The van der Waals surface area contributed by atoms with Gasteiger partial charge in [-0.2, -0.15) is 0 Å². The van der Waals surface area contributed by atoms with Crippen LogP contribution >= 0.6 is 11.6 Å². The quantitative estimate of drug-likeness (QED) is 0.381. The summed E-state index contributed by atoms with van der Waals surface area (Å²) in [6, 6.07) is 0. The molecule has 0 heterocycles. The summed E-state index contributed by atoms with van der Waals surface area (Å²) in [5, 5.41) is 0. The van der Waals surface area contributed by atoms with E-state index in [4.69, 9.17) is 16.3 Å². The first-order chi connectivity index (χ1) is 11.5. The van der Waals surface area contributed by atoms with Crippen LogP contribution in [-0.4, -0.2) is 18.0 Å². The van der Waals surface area contributed by atoms with E-state index >= 15 is 0 Å². The number of ether oxygens (including phenoxy) is 1. The number of hydrogen-bond acceptors (Lipinski definition) is 2. The largest absolute Gasteiger partial charge is 0.461 e. The molecule has 134 valence electrons. The second kappa shape index (κ2) is 6.04. The Hall–Kier alpha value is -0.500. The smallest absolute Gasteiger partial charge is 0.321 e. The zero-order valence-electron chi connectivity index (χ0n) is 15.1. The minimum absolute atomic E-state index is 0.0185. The van der Waals surface area contributed by atoms with Gasteiger partial charge in [-0.15, -0.1) is 11.6 Å². The molecule has 24 heavy (non-hydrogen) atoms. The van der Waals surface area contributed by atoms with Crippen molar-refractivity contribution in [2.24, 2.45) is 34.5 Å². The molecule has 3 heteroatoms. The van der Waals surface area contributed by atoms with Gasteiger partial charge in [0.2, 0.25) is 0 Å². The molecule has 0 radical (unpaired) electrons. The number of fused-ring (bicyclic) bond motifs is 5. The van der Waals surface area contributed by atoms with Crippen LogP contribution in [0.3, 0.4) is 0 Å². The fourth-order valence-electron chi connectivity index (χ4n) is 7.17. The van der Waals surface area contributed by atoms with Gasteiger partial charge in [-0.05, 0) is 80.5 Å². The zero-order valence-corrected chi connectivity index (χ0v) is 15.9. The Kier molecular flexibility index (Phi) is 4.26. The predicted molar refractivity (Wildman–Crippen MR) is 96.9 cm³/mol. The summed E-state index contributed by atoms with van der Waals surface area (Å²) in [6.07, 6.45) is 15.1. The van der Waals surface area contributed by atoms with Gasteiger partial charge in [-0.3, -0.25) is 4.79 Å². The lowest BCUT2D eigenvalue weighted by molar-refractivity contribution is -0.159. The molecule has 0 saturated heterocycles. The van der Waals surface area contributed by atoms with Gasteiger partial charge >= 0.3 is 5.97 Å². The molecule has 4 aliphatic rings. The summed E-state index contributed by atoms with van der Waals surface area (Å²) in [5.41, 5.74) is 0.681. The number of alkyl halides is 1. The van der Waals surface area contributed by atoms with Crippen LogP contribution in [0.5, 0.6) is 0 Å². The van der Waals surface area contributed by atoms with Gasteiger partial charge in [0.25, 0.3) is 0 Å². The Labute approximate surface area is 151 Å². The second-order valence-corrected chi connectivity index (χ2v) is 9.57. The monoisotopic (exact) mass is 350 g/mol. The highest BCUT2D eigenvalue weighted by Gasteiger charge is 2.60. The van der Waals surface area contributed by atoms with E-state index in [2.05, 4.69) is 26.0 Å². The molecule has 0 aromatic rings. The third-order valence-electron chi connectivity index (χ3n) is 8.51. The van der Waals surface area contributed by atoms with Crippen LogP contribution in [0.15, 0.2) is 12.2 Å². The topological polar surface area (TPSA) is 26.3 Å². The van der Waals surface area contributed by atoms with Crippen molar-refractivity contribution in [1.29, 1.82) is 0 Å². The van der Waals surface area contributed by atoms with E-state index in [1.54, 1.807) is 0 Å². The normalized spacial score (nSPS) is 49.9. The maximum Gasteiger partial charge on any atom is 0.321 e. The van der Waals surface area contributed by atoms with Crippen LogP contribution in [0.4, 0.5) is 0 Å². The van der Waals surface area contributed by atoms with Crippen LogP contribution in [-0.2, 0) is 9.53 Å². The lowest BCUT2D eigenvalue weighted by Gasteiger charge is -2.59. The van der Waals surface area contributed by atoms with E-state index in [0.29, 0.717) is 5.41 Å². The molecule has 0 N–H and O–H groups in total. The van der Waals surface area contributed by atoms with Gasteiger partial charge in [0, 0.05) is 5.41 Å². The summed E-state index contributed by atoms with van der Waals surface area (Å²) < 4.78 is 5.76. The lowest BCUT2D eigenvalue weighted by atomic mass is 9.46. The van der Waals surface area contributed by atoms with Crippen molar-refractivity contribution in [1.82, 2.24) is 0 Å². The fourth-order valence-corrected chi connectivity index (χ4v) is 7.24. The van der Waals surface area contributed by atoms with Crippen molar-refractivity contribution in [2.75, 3.05) is 5.88 Å². The molecule has 0 aliphatic heterocycles. The van der Waals surface area contributed by atoms with E-state index in [9.17, 15) is 4.79 Å². The Bertz CT molecular complexity index is 544. The zero-order chi connectivity index (χ0) is 16.9. The minimum atomic E-state index is -0.237. The average molecular weight is 351 g/mol. The maximum atomic E-state index is 11.7. The first-order valence-electron chi connectivity index (χ1n) is 9.89. The van der Waals surface area contributed by atoms with Crippen molar-refractivity contribution in [3.63, 3.8) is 0 Å². The number of allylic oxidation sites excluding steroid dienone is 2. The number of esters is 1. The summed E-state index contributed by atoms with van der Waals surface area (Å²) in [4.78, 5) is 11.7. The summed E-state index contributed by atoms with van der Waals surface area (Å²) in [6.45, 7) is 4.96. The highest BCUT2D eigenvalue weighted by Crippen LogP contribution is 2.66. The van der Waals surface area contributed by atoms with E-state index in [1.807, 2.05) is 0 Å². The van der Waals surface area contributed by atoms with Crippen LogP contribution < -0.4 is 0 Å². The number of rotatable bonds is 2. The predicted octanol–water partition coefficient (Wildman–Crippen LogP) is 5.35. The van der Waals surface area contributed by atoms with Crippen molar-refractivity contribution in [3.05, 3.63) is 12.2 Å². The van der Waals surface area contributed by atoms with E-state index in [-0.39, 0.29) is 23.4 Å². The number of hydrogen-bond donors (Lipinski definition) is 0. The molecular weight excluding hydrogens is 320 g/mol. The fraction of sp³-hybridized carbons (Fsp3) is 0.857. The third-order valence-corrected chi connectivity index (χ3v) is 8.72. The molecular formula is C21H31ClO2. The van der Waals surface area contributed by atoms with Crippen LogP contribution in [0.2, 0.25) is 0 Å². The summed E-state index contributed by atoms with van der Waals surface area (Å²) >= 11 is 5.68. The molecule has 0 aromatic heterocycles. The second-order valence-electron chi connectivity index (χ2n) is 9.30. The molecule has 3 fully saturated rings. The van der Waals surface area contributed by atoms with Gasteiger partial charge in [0.1, 0.15) is 12.0 Å². The van der Waals surface area contributed by atoms with Crippen LogP contribution in [0.1, 0.15) is 65.2 Å². The van der Waals surface area contributed by atoms with E-state index < -0.39 is 0 Å². The van der Waals surface area contributed by atoms with Gasteiger partial charge in [-0.25, -0.2) is 0 Å². The van der Waals surface area contributed by atoms with Crippen LogP contribution in [0.25, 0.3) is 0 Å². The van der Waals surface area contributed by atoms with Crippen molar-refractivity contribution >= 4 is 17.6 Å². The molecule has 0 aromatic carbocycles. The highest BCUT2D eigenvalue weighted by molar-refractivity contribution is 6.26. The average Bonchev–Trinajstić information content (AvgIpc) is 2.91. The van der Waals surface area contributed by atoms with E-state index in [0.717, 1.165) is 30.1 Å². The molecule has 0 spiro atoms. The first kappa shape index (κ1) is 16.9. The Morgan fingerprint density at radius 1 is 1.08 bits per heavy atom. The highest BCUT2D eigenvalue weighted by atomic mass is 35.5. The molecule has 7 unspecified atom stereocenters. The van der Waals surface area contributed by atoms with Gasteiger partial charge in [0.05, 0.1) is 0 Å². The Balaban J connectivity index is 1.57. The van der Waals surface area contributed by atoms with Crippen molar-refractivity contribution in [3.8, 4) is 0 Å². The standard InChI is InChI=1S/C21H31ClO2/c1-20-11-4-3-5-14(20)6-7-15-16-8-9-18(24-19(23)13-22)21(16,2)12-10-17(15)20/h3-4,14-18H,5-13H2,1-2H3. The molecule has 7 atom stereocenters. The molecule has 0 bridgehead atoms. The molecule has 4 rings (SSSR count). The van der Waals surface area contributed by atoms with Crippen molar-refractivity contribution in [2.45, 2.75) is 71.3 Å². The summed E-state index contributed by atoms with van der Waals surface area (Å²) in [7, 11) is 0. The molecule has 2 nitrogen and oxygen atoms in total. The molecule has 3 saturated carbocycles. The maximum absolute atomic E-state index is 11.7. The molecule has 0 amide bonds. The summed E-state index contributed by atoms with van der Waals surface area (Å²) in [5.74, 6) is 3.05. The third kappa shape index (κ3) is 2.39. The first-order valence-corrected chi connectivity index (χ1v) is 10.4. The van der Waals surface area contributed by atoms with Gasteiger partial charge < -0.3 is 4.74 Å². The number of carbonyl (C=O) groups is 1. The van der Waals surface area contributed by atoms with Crippen molar-refractivity contribution < 1.29 is 9.53 Å². The van der Waals surface area contributed by atoms with Gasteiger partial charge in [0.15, 0.2) is 0 Å². The Morgan fingerprint density at radius 2 is 1.88 bits per heavy atom. The van der Waals surface area contributed by atoms with Crippen LogP contribution in [0, 0.1) is 34.5 Å².